The average molecular weight is 369 g/mol. The fourth-order valence-electron chi connectivity index (χ4n) is 1.78. The van der Waals surface area contributed by atoms with Crippen molar-refractivity contribution in [1.29, 1.82) is 0 Å². The Hall–Kier alpha value is -2.10. The molecule has 0 N–H and O–H groups in total. The number of esters is 1. The summed E-state index contributed by atoms with van der Waals surface area (Å²) in [5, 5.41) is 1.07. The van der Waals surface area contributed by atoms with Crippen LogP contribution in [0.4, 0.5) is 26.3 Å². The summed E-state index contributed by atoms with van der Waals surface area (Å²) in [4.78, 5) is 15.3. The summed E-state index contributed by atoms with van der Waals surface area (Å²) in [5.74, 6) is -0.803. The lowest BCUT2D eigenvalue weighted by atomic mass is 10.1. The molecule has 0 aliphatic carbocycles. The van der Waals surface area contributed by atoms with Gasteiger partial charge in [-0.3, -0.25) is 0 Å². The molecule has 0 saturated carbocycles. The molecule has 1 aromatic carbocycles. The van der Waals surface area contributed by atoms with Gasteiger partial charge in [0, 0.05) is 10.9 Å². The van der Waals surface area contributed by atoms with Gasteiger partial charge in [0.1, 0.15) is 5.01 Å². The van der Waals surface area contributed by atoms with Gasteiger partial charge >= 0.3 is 18.3 Å². The highest BCUT2D eigenvalue weighted by atomic mass is 32.1. The zero-order chi connectivity index (χ0) is 18.1. The molecule has 0 atom stereocenters. The van der Waals surface area contributed by atoms with E-state index in [1.165, 1.54) is 5.38 Å². The minimum absolute atomic E-state index is 0.0311. The molecule has 0 unspecified atom stereocenters. The van der Waals surface area contributed by atoms with E-state index in [9.17, 15) is 31.1 Å². The molecule has 3 nitrogen and oxygen atoms in total. The second-order valence-electron chi connectivity index (χ2n) is 4.55. The minimum Gasteiger partial charge on any atom is -0.461 e. The molecule has 2 aromatic rings. The van der Waals surface area contributed by atoms with Crippen LogP contribution in [0.25, 0.3) is 10.6 Å². The van der Waals surface area contributed by atoms with Crippen molar-refractivity contribution in [2.45, 2.75) is 19.3 Å². The normalized spacial score (nSPS) is 12.3. The van der Waals surface area contributed by atoms with E-state index in [-0.39, 0.29) is 28.9 Å². The summed E-state index contributed by atoms with van der Waals surface area (Å²) in [6.45, 7) is 1.61. The van der Waals surface area contributed by atoms with E-state index in [0.717, 1.165) is 11.3 Å². The molecule has 1 heterocycles. The highest BCUT2D eigenvalue weighted by Crippen LogP contribution is 2.39. The van der Waals surface area contributed by atoms with Crippen LogP contribution in [0.2, 0.25) is 0 Å². The van der Waals surface area contributed by atoms with Crippen LogP contribution in [-0.4, -0.2) is 17.6 Å². The Morgan fingerprint density at radius 2 is 1.62 bits per heavy atom. The Bertz CT molecular complexity index is 718. The van der Waals surface area contributed by atoms with Crippen molar-refractivity contribution >= 4 is 17.3 Å². The molecule has 0 aliphatic heterocycles. The Balaban J connectivity index is 2.52. The zero-order valence-corrected chi connectivity index (χ0v) is 12.8. The van der Waals surface area contributed by atoms with E-state index in [0.29, 0.717) is 12.1 Å². The van der Waals surface area contributed by atoms with Gasteiger partial charge in [0.25, 0.3) is 0 Å². The minimum atomic E-state index is -4.95. The van der Waals surface area contributed by atoms with Gasteiger partial charge in [-0.2, -0.15) is 26.3 Å². The maximum atomic E-state index is 12.8. The predicted octanol–water partition coefficient (Wildman–Crippen LogP) is 5.02. The van der Waals surface area contributed by atoms with E-state index in [4.69, 9.17) is 0 Å². The number of aromatic nitrogens is 1. The highest BCUT2D eigenvalue weighted by molar-refractivity contribution is 7.13. The Morgan fingerprint density at radius 1 is 1.08 bits per heavy atom. The number of benzene rings is 1. The number of rotatable bonds is 3. The number of carbonyl (C=O) groups is 1. The van der Waals surface area contributed by atoms with Crippen molar-refractivity contribution in [1.82, 2.24) is 4.98 Å². The predicted molar refractivity (Wildman–Crippen MR) is 73.5 cm³/mol. The summed E-state index contributed by atoms with van der Waals surface area (Å²) in [6.07, 6.45) is -9.89. The molecule has 0 bridgehead atoms. The van der Waals surface area contributed by atoms with E-state index in [2.05, 4.69) is 9.72 Å². The smallest absolute Gasteiger partial charge is 0.416 e. The molecule has 0 spiro atoms. The van der Waals surface area contributed by atoms with Crippen LogP contribution < -0.4 is 0 Å². The molecule has 0 aliphatic rings. The Labute approximate surface area is 135 Å². The molecule has 0 amide bonds. The van der Waals surface area contributed by atoms with Crippen molar-refractivity contribution in [2.75, 3.05) is 6.61 Å². The van der Waals surface area contributed by atoms with Gasteiger partial charge in [-0.15, -0.1) is 11.3 Å². The van der Waals surface area contributed by atoms with Crippen LogP contribution in [-0.2, 0) is 17.1 Å². The zero-order valence-electron chi connectivity index (χ0n) is 12.0. The lowest BCUT2D eigenvalue weighted by molar-refractivity contribution is -0.143. The van der Waals surface area contributed by atoms with Gasteiger partial charge in [0.15, 0.2) is 5.69 Å². The molecule has 1 aromatic heterocycles. The fourth-order valence-corrected chi connectivity index (χ4v) is 2.56. The first-order valence-corrected chi connectivity index (χ1v) is 7.33. The quantitative estimate of drug-likeness (QED) is 0.563. The van der Waals surface area contributed by atoms with E-state index in [1.807, 2.05) is 0 Å². The van der Waals surface area contributed by atoms with E-state index in [1.54, 1.807) is 6.92 Å². The van der Waals surface area contributed by atoms with Crippen LogP contribution >= 0.6 is 11.3 Å². The van der Waals surface area contributed by atoms with Crippen LogP contribution in [0.1, 0.15) is 28.5 Å². The summed E-state index contributed by atoms with van der Waals surface area (Å²) in [5.41, 5.74) is -3.44. The first kappa shape index (κ1) is 18.2. The third-order valence-corrected chi connectivity index (χ3v) is 3.71. The van der Waals surface area contributed by atoms with Gasteiger partial charge < -0.3 is 4.74 Å². The lowest BCUT2D eigenvalue weighted by Gasteiger charge is -2.13. The topological polar surface area (TPSA) is 39.2 Å². The highest BCUT2D eigenvalue weighted by Gasteiger charge is 2.37. The SMILES string of the molecule is CCOC(=O)c1csc(-c2cc(C(F)(F)F)cc(C(F)(F)F)c2)n1. The van der Waals surface area contributed by atoms with Crippen LogP contribution in [0.15, 0.2) is 23.6 Å². The van der Waals surface area contributed by atoms with E-state index < -0.39 is 29.4 Å². The second-order valence-corrected chi connectivity index (χ2v) is 5.41. The van der Waals surface area contributed by atoms with E-state index >= 15 is 0 Å². The van der Waals surface area contributed by atoms with Gasteiger partial charge in [-0.05, 0) is 25.1 Å². The molecule has 0 fully saturated rings. The van der Waals surface area contributed by atoms with Gasteiger partial charge in [-0.25, -0.2) is 9.78 Å². The molecule has 24 heavy (non-hydrogen) atoms. The Morgan fingerprint density at radius 3 is 2.08 bits per heavy atom. The number of ether oxygens (including phenoxy) is 1. The van der Waals surface area contributed by atoms with Gasteiger partial charge in [0.05, 0.1) is 17.7 Å². The standard InChI is InChI=1S/C14H9F6NO2S/c1-2-23-12(22)10-6-24-11(21-10)7-3-8(13(15,16)17)5-9(4-7)14(18,19)20/h3-6H,2H2,1H3. The molecular weight excluding hydrogens is 360 g/mol. The molecule has 0 radical (unpaired) electrons. The fraction of sp³-hybridized carbons (Fsp3) is 0.286. The number of carbonyl (C=O) groups excluding carboxylic acids is 1. The largest absolute Gasteiger partial charge is 0.461 e. The van der Waals surface area contributed by atoms with Crippen molar-refractivity contribution in [3.63, 3.8) is 0 Å². The number of halogens is 6. The number of thiazole rings is 1. The number of alkyl halides is 6. The van der Waals surface area contributed by atoms with Crippen LogP contribution in [0.3, 0.4) is 0 Å². The monoisotopic (exact) mass is 369 g/mol. The molecular formula is C14H9F6NO2S. The molecule has 10 heteroatoms. The van der Waals surface area contributed by atoms with Crippen LogP contribution in [0.5, 0.6) is 0 Å². The third kappa shape index (κ3) is 4.05. The Kier molecular flexibility index (Phi) is 4.88. The number of hydrogen-bond donors (Lipinski definition) is 0. The van der Waals surface area contributed by atoms with Crippen molar-refractivity contribution in [3.05, 3.63) is 40.4 Å². The van der Waals surface area contributed by atoms with Crippen molar-refractivity contribution in [2.24, 2.45) is 0 Å². The van der Waals surface area contributed by atoms with Gasteiger partial charge in [0.2, 0.25) is 0 Å². The third-order valence-electron chi connectivity index (χ3n) is 2.82. The first-order chi connectivity index (χ1) is 11.0. The number of hydrogen-bond acceptors (Lipinski definition) is 4. The van der Waals surface area contributed by atoms with Crippen LogP contribution in [0, 0.1) is 0 Å². The van der Waals surface area contributed by atoms with Gasteiger partial charge in [-0.1, -0.05) is 0 Å². The maximum Gasteiger partial charge on any atom is 0.416 e. The molecule has 2 rings (SSSR count). The number of nitrogens with zero attached hydrogens (tertiary/aromatic N) is 1. The molecule has 130 valence electrons. The lowest BCUT2D eigenvalue weighted by Crippen LogP contribution is -2.11. The molecule has 0 saturated heterocycles. The summed E-state index contributed by atoms with van der Waals surface area (Å²) < 4.78 is 81.6. The average Bonchev–Trinajstić information content (AvgIpc) is 2.95. The first-order valence-electron chi connectivity index (χ1n) is 6.45. The van der Waals surface area contributed by atoms with Crippen molar-refractivity contribution < 1.29 is 35.9 Å². The second kappa shape index (κ2) is 6.42. The summed E-state index contributed by atoms with van der Waals surface area (Å²) in [7, 11) is 0. The summed E-state index contributed by atoms with van der Waals surface area (Å²) in [6, 6.07) is 1.15. The summed E-state index contributed by atoms with van der Waals surface area (Å²) >= 11 is 0.749. The van der Waals surface area contributed by atoms with Crippen molar-refractivity contribution in [3.8, 4) is 10.6 Å². The maximum absolute atomic E-state index is 12.8.